The van der Waals surface area contributed by atoms with Crippen molar-refractivity contribution in [1.29, 1.82) is 0 Å². The number of benzene rings is 3. The molecule has 128 valence electrons. The fraction of sp³-hybridized carbons (Fsp3) is 0.0476. The van der Waals surface area contributed by atoms with Gasteiger partial charge in [0, 0.05) is 15.6 Å². The zero-order valence-corrected chi connectivity index (χ0v) is 15.6. The summed E-state index contributed by atoms with van der Waals surface area (Å²) in [6.45, 7) is 2.02. The predicted molar refractivity (Wildman–Crippen MR) is 111 cm³/mol. The van der Waals surface area contributed by atoms with Crippen LogP contribution in [0.1, 0.15) is 20.8 Å². The Kier molecular flexibility index (Phi) is 4.45. The highest BCUT2D eigenvalue weighted by Gasteiger charge is 2.16. The summed E-state index contributed by atoms with van der Waals surface area (Å²) >= 11 is 7.75. The van der Waals surface area contributed by atoms with Crippen LogP contribution in [0.3, 0.4) is 0 Å². The Bertz CT molecular complexity index is 1160. The smallest absolute Gasteiger partial charge is 0.266 e. The Morgan fingerprint density at radius 1 is 1.08 bits per heavy atom. The van der Waals surface area contributed by atoms with Crippen LogP contribution >= 0.6 is 22.9 Å². The molecule has 1 heterocycles. The highest BCUT2D eigenvalue weighted by Crippen LogP contribution is 2.35. The van der Waals surface area contributed by atoms with Crippen molar-refractivity contribution in [3.05, 3.63) is 81.7 Å². The fourth-order valence-electron chi connectivity index (χ4n) is 2.89. The number of hydrazone groups is 1. The zero-order valence-electron chi connectivity index (χ0n) is 14.0. The van der Waals surface area contributed by atoms with Crippen molar-refractivity contribution in [3.8, 4) is 0 Å². The average molecular weight is 379 g/mol. The van der Waals surface area contributed by atoms with Crippen molar-refractivity contribution in [2.45, 2.75) is 6.92 Å². The van der Waals surface area contributed by atoms with E-state index in [0.29, 0.717) is 9.90 Å². The van der Waals surface area contributed by atoms with Crippen LogP contribution in [-0.4, -0.2) is 12.1 Å². The number of halogens is 1. The largest absolute Gasteiger partial charge is 0.283 e. The molecule has 0 bridgehead atoms. The molecule has 3 nitrogen and oxygen atoms in total. The molecular weight excluding hydrogens is 364 g/mol. The summed E-state index contributed by atoms with van der Waals surface area (Å²) in [4.78, 5) is 12.9. The minimum absolute atomic E-state index is 0.301. The lowest BCUT2D eigenvalue weighted by Gasteiger charge is -2.01. The maximum Gasteiger partial charge on any atom is 0.283 e. The van der Waals surface area contributed by atoms with Crippen LogP contribution in [-0.2, 0) is 0 Å². The molecule has 4 aromatic rings. The molecule has 0 saturated carbocycles. The van der Waals surface area contributed by atoms with E-state index in [0.717, 1.165) is 32.0 Å². The van der Waals surface area contributed by atoms with Crippen LogP contribution in [0.4, 0.5) is 0 Å². The lowest BCUT2D eigenvalue weighted by Crippen LogP contribution is -2.16. The molecule has 1 amide bonds. The second-order valence-corrected chi connectivity index (χ2v) is 7.44. The van der Waals surface area contributed by atoms with Crippen molar-refractivity contribution >= 4 is 55.9 Å². The third-order valence-corrected chi connectivity index (χ3v) is 5.84. The van der Waals surface area contributed by atoms with E-state index in [1.807, 2.05) is 67.6 Å². The summed E-state index contributed by atoms with van der Waals surface area (Å²) in [6.07, 6.45) is 1.66. The maximum absolute atomic E-state index is 12.5. The quantitative estimate of drug-likeness (QED) is 0.356. The number of nitrogens with zero attached hydrogens (tertiary/aromatic N) is 1. The number of carbonyl (C=O) groups excluding carboxylic acids is 1. The van der Waals surface area contributed by atoms with Gasteiger partial charge >= 0.3 is 0 Å². The Labute approximate surface area is 159 Å². The van der Waals surface area contributed by atoms with Gasteiger partial charge in [-0.25, -0.2) is 5.43 Å². The van der Waals surface area contributed by atoms with Gasteiger partial charge < -0.3 is 0 Å². The van der Waals surface area contributed by atoms with E-state index in [1.165, 1.54) is 11.3 Å². The molecule has 0 fully saturated rings. The van der Waals surface area contributed by atoms with E-state index in [2.05, 4.69) is 10.5 Å². The summed E-state index contributed by atoms with van der Waals surface area (Å²) in [5.41, 5.74) is 4.67. The highest BCUT2D eigenvalue weighted by molar-refractivity contribution is 7.21. The van der Waals surface area contributed by atoms with Gasteiger partial charge in [0.05, 0.1) is 11.2 Å². The number of rotatable bonds is 3. The van der Waals surface area contributed by atoms with Crippen LogP contribution in [0.5, 0.6) is 0 Å². The average Bonchev–Trinajstić information content (AvgIpc) is 2.98. The Hall–Kier alpha value is -2.69. The second kappa shape index (κ2) is 6.90. The van der Waals surface area contributed by atoms with Gasteiger partial charge in [-0.2, -0.15) is 5.10 Å². The van der Waals surface area contributed by atoms with E-state index >= 15 is 0 Å². The van der Waals surface area contributed by atoms with Crippen LogP contribution in [0.15, 0.2) is 65.8 Å². The van der Waals surface area contributed by atoms with Crippen molar-refractivity contribution in [2.24, 2.45) is 5.10 Å². The normalized spacial score (nSPS) is 11.5. The molecule has 3 aromatic carbocycles. The first-order valence-electron chi connectivity index (χ1n) is 8.13. The monoisotopic (exact) mass is 378 g/mol. The SMILES string of the molecule is Cc1ccc2c(Cl)c(C(=O)N/N=C\c3cccc4ccccc34)sc2c1. The number of thiophene rings is 1. The summed E-state index contributed by atoms with van der Waals surface area (Å²) in [5, 5.41) is 7.71. The van der Waals surface area contributed by atoms with Crippen LogP contribution in [0.2, 0.25) is 5.02 Å². The molecule has 1 N–H and O–H groups in total. The van der Waals surface area contributed by atoms with E-state index in [1.54, 1.807) is 6.21 Å². The highest BCUT2D eigenvalue weighted by atomic mass is 35.5. The van der Waals surface area contributed by atoms with Crippen LogP contribution in [0, 0.1) is 6.92 Å². The number of aryl methyl sites for hydroxylation is 1. The third kappa shape index (κ3) is 3.09. The lowest BCUT2D eigenvalue weighted by molar-refractivity contribution is 0.0959. The van der Waals surface area contributed by atoms with Gasteiger partial charge in [-0.15, -0.1) is 11.3 Å². The fourth-order valence-corrected chi connectivity index (χ4v) is 4.40. The minimum Gasteiger partial charge on any atom is -0.266 e. The van der Waals surface area contributed by atoms with Gasteiger partial charge in [-0.05, 0) is 29.3 Å². The Balaban J connectivity index is 1.59. The summed E-state index contributed by atoms with van der Waals surface area (Å²) < 4.78 is 0.998. The summed E-state index contributed by atoms with van der Waals surface area (Å²) in [7, 11) is 0. The van der Waals surface area contributed by atoms with Crippen LogP contribution in [0.25, 0.3) is 20.9 Å². The van der Waals surface area contributed by atoms with Gasteiger partial charge in [0.2, 0.25) is 0 Å². The van der Waals surface area contributed by atoms with Gasteiger partial charge in [0.15, 0.2) is 0 Å². The van der Waals surface area contributed by atoms with Crippen molar-refractivity contribution in [1.82, 2.24) is 5.43 Å². The number of fused-ring (bicyclic) bond motifs is 2. The first-order valence-corrected chi connectivity index (χ1v) is 9.33. The molecule has 26 heavy (non-hydrogen) atoms. The molecule has 0 spiro atoms. The van der Waals surface area contributed by atoms with E-state index in [-0.39, 0.29) is 5.91 Å². The number of carbonyl (C=O) groups is 1. The van der Waals surface area contributed by atoms with Crippen molar-refractivity contribution < 1.29 is 4.79 Å². The number of nitrogens with one attached hydrogen (secondary N) is 1. The molecule has 0 aliphatic carbocycles. The minimum atomic E-state index is -0.301. The number of hydrogen-bond acceptors (Lipinski definition) is 3. The first kappa shape index (κ1) is 16.8. The molecule has 1 aromatic heterocycles. The van der Waals surface area contributed by atoms with Gasteiger partial charge in [-0.1, -0.05) is 66.2 Å². The molecule has 0 saturated heterocycles. The molecule has 0 atom stereocenters. The number of hydrogen-bond donors (Lipinski definition) is 1. The van der Waals surface area contributed by atoms with E-state index < -0.39 is 0 Å². The van der Waals surface area contributed by atoms with E-state index in [4.69, 9.17) is 11.6 Å². The van der Waals surface area contributed by atoms with E-state index in [9.17, 15) is 4.79 Å². The van der Waals surface area contributed by atoms with Gasteiger partial charge in [-0.3, -0.25) is 4.79 Å². The standard InChI is InChI=1S/C21H15ClN2OS/c1-13-9-10-17-18(11-13)26-20(19(17)22)21(25)24-23-12-15-7-4-6-14-5-2-3-8-16(14)15/h2-12H,1H3,(H,24,25)/b23-12-. The molecule has 0 aliphatic rings. The first-order chi connectivity index (χ1) is 12.6. The summed E-state index contributed by atoms with van der Waals surface area (Å²) in [6, 6.07) is 20.0. The molecule has 0 radical (unpaired) electrons. The maximum atomic E-state index is 12.5. The lowest BCUT2D eigenvalue weighted by atomic mass is 10.1. The third-order valence-electron chi connectivity index (χ3n) is 4.18. The van der Waals surface area contributed by atoms with Gasteiger partial charge in [0.1, 0.15) is 4.88 Å². The molecule has 0 unspecified atom stereocenters. The zero-order chi connectivity index (χ0) is 18.1. The van der Waals surface area contributed by atoms with Crippen molar-refractivity contribution in [2.75, 3.05) is 0 Å². The van der Waals surface area contributed by atoms with Crippen LogP contribution < -0.4 is 5.43 Å². The molecule has 4 rings (SSSR count). The summed E-state index contributed by atoms with van der Waals surface area (Å²) in [5.74, 6) is -0.301. The molecular formula is C21H15ClN2OS. The Morgan fingerprint density at radius 3 is 2.77 bits per heavy atom. The van der Waals surface area contributed by atoms with Crippen molar-refractivity contribution in [3.63, 3.8) is 0 Å². The van der Waals surface area contributed by atoms with Gasteiger partial charge in [0.25, 0.3) is 5.91 Å². The molecule has 0 aliphatic heterocycles. The Morgan fingerprint density at radius 2 is 1.88 bits per heavy atom. The topological polar surface area (TPSA) is 41.5 Å². The molecule has 5 heteroatoms. The predicted octanol–water partition coefficient (Wildman–Crippen LogP) is 5.78. The second-order valence-electron chi connectivity index (χ2n) is 6.01. The number of amides is 1.